The number of carbonyl (C=O) groups is 2. The van der Waals surface area contributed by atoms with Gasteiger partial charge in [0.25, 0.3) is 0 Å². The molecule has 1 saturated carbocycles. The van der Waals surface area contributed by atoms with Gasteiger partial charge in [-0.2, -0.15) is 4.79 Å². The van der Waals surface area contributed by atoms with E-state index in [1.54, 1.807) is 6.92 Å². The molecule has 122 valence electrons. The first kappa shape index (κ1) is 16.1. The fourth-order valence-corrected chi connectivity index (χ4v) is 5.59. The second-order valence-corrected chi connectivity index (χ2v) is 7.67. The lowest BCUT2D eigenvalue weighted by Gasteiger charge is -2.58. The van der Waals surface area contributed by atoms with Gasteiger partial charge in [-0.15, -0.1) is 0 Å². The van der Waals surface area contributed by atoms with Crippen molar-refractivity contribution >= 4 is 17.8 Å². The van der Waals surface area contributed by atoms with Gasteiger partial charge in [-0.05, 0) is 68.8 Å². The van der Waals surface area contributed by atoms with Gasteiger partial charge in [0.1, 0.15) is 5.41 Å². The van der Waals surface area contributed by atoms with E-state index in [9.17, 15) is 9.59 Å². The first-order valence-corrected chi connectivity index (χ1v) is 8.48. The number of carbonyl (C=O) groups excluding carboxylic acids is 2. The second-order valence-electron chi connectivity index (χ2n) is 7.67. The molecular formula is C19H24N2O2. The third kappa shape index (κ3) is 2.05. The molecular weight excluding hydrogens is 288 g/mol. The summed E-state index contributed by atoms with van der Waals surface area (Å²) in [5, 5.41) is 0. The standard InChI is InChI=1S/C19H24N2O2/c1-12-5-4-9-18(3)14(12)8-10-19(16(22)11-21-20)15(18)7-6-13(2)17(19)23/h5-6,11,14-15H,4,7-10H2,1-3H3/t14-,15+,18-,19+/m1/s1. The first-order chi connectivity index (χ1) is 10.9. The lowest BCUT2D eigenvalue weighted by atomic mass is 9.43. The molecule has 3 aliphatic rings. The molecule has 0 aromatic rings. The third-order valence-electron chi connectivity index (χ3n) is 6.75. The fraction of sp³-hybridized carbons (Fsp3) is 0.632. The van der Waals surface area contributed by atoms with E-state index < -0.39 is 5.41 Å². The predicted octanol–water partition coefficient (Wildman–Crippen LogP) is 3.53. The second kappa shape index (κ2) is 5.38. The molecule has 4 nitrogen and oxygen atoms in total. The number of allylic oxidation sites excluding steroid dienone is 4. The lowest BCUT2D eigenvalue weighted by molar-refractivity contribution is -0.154. The summed E-state index contributed by atoms with van der Waals surface area (Å²) in [7, 11) is 0. The molecule has 0 bridgehead atoms. The zero-order chi connectivity index (χ0) is 16.8. The highest BCUT2D eigenvalue weighted by Crippen LogP contribution is 2.63. The van der Waals surface area contributed by atoms with Crippen LogP contribution in [-0.2, 0) is 9.59 Å². The van der Waals surface area contributed by atoms with E-state index in [2.05, 4.69) is 24.7 Å². The molecule has 4 atom stereocenters. The van der Waals surface area contributed by atoms with Gasteiger partial charge < -0.3 is 5.53 Å². The molecule has 0 aliphatic heterocycles. The summed E-state index contributed by atoms with van der Waals surface area (Å²) >= 11 is 0. The summed E-state index contributed by atoms with van der Waals surface area (Å²) in [6.45, 7) is 6.22. The number of Topliss-reactive ketones (excluding diaryl/α,β-unsaturated/α-hetero) is 2. The molecule has 0 radical (unpaired) electrons. The Labute approximate surface area is 137 Å². The molecule has 0 unspecified atom stereocenters. The van der Waals surface area contributed by atoms with Gasteiger partial charge in [0, 0.05) is 0 Å². The van der Waals surface area contributed by atoms with Crippen molar-refractivity contribution in [3.8, 4) is 0 Å². The smallest absolute Gasteiger partial charge is 0.324 e. The molecule has 0 amide bonds. The predicted molar refractivity (Wildman–Crippen MR) is 87.8 cm³/mol. The van der Waals surface area contributed by atoms with E-state index in [4.69, 9.17) is 5.53 Å². The Balaban J connectivity index is 2.17. The summed E-state index contributed by atoms with van der Waals surface area (Å²) in [6, 6.07) is 0. The van der Waals surface area contributed by atoms with Crippen LogP contribution in [0, 0.1) is 22.7 Å². The average molecular weight is 312 g/mol. The summed E-state index contributed by atoms with van der Waals surface area (Å²) in [5.74, 6) is 0.0341. The molecule has 0 spiro atoms. The van der Waals surface area contributed by atoms with Crippen LogP contribution in [0.15, 0.2) is 23.3 Å². The van der Waals surface area contributed by atoms with Crippen molar-refractivity contribution in [3.63, 3.8) is 0 Å². The molecule has 1 fully saturated rings. The van der Waals surface area contributed by atoms with Crippen LogP contribution in [0.2, 0.25) is 0 Å². The topological polar surface area (TPSA) is 70.5 Å². The van der Waals surface area contributed by atoms with Gasteiger partial charge in [-0.1, -0.05) is 24.6 Å². The minimum absolute atomic E-state index is 0.0147. The van der Waals surface area contributed by atoms with E-state index in [0.29, 0.717) is 17.9 Å². The highest BCUT2D eigenvalue weighted by atomic mass is 16.2. The number of ketones is 2. The van der Waals surface area contributed by atoms with Gasteiger partial charge in [0.05, 0.1) is 0 Å². The van der Waals surface area contributed by atoms with Crippen molar-refractivity contribution in [3.05, 3.63) is 28.8 Å². The van der Waals surface area contributed by atoms with E-state index in [1.165, 1.54) is 5.57 Å². The van der Waals surface area contributed by atoms with Crippen LogP contribution in [0.5, 0.6) is 0 Å². The molecule has 0 aromatic carbocycles. The monoisotopic (exact) mass is 312 g/mol. The largest absolute Gasteiger partial charge is 0.361 e. The quantitative estimate of drug-likeness (QED) is 0.257. The minimum atomic E-state index is -1.03. The third-order valence-corrected chi connectivity index (χ3v) is 6.75. The summed E-state index contributed by atoms with van der Waals surface area (Å²) in [5.41, 5.74) is 9.84. The molecule has 23 heavy (non-hydrogen) atoms. The molecule has 0 aromatic heterocycles. The number of hydrogen-bond acceptors (Lipinski definition) is 2. The van der Waals surface area contributed by atoms with Crippen LogP contribution in [0.25, 0.3) is 5.53 Å². The van der Waals surface area contributed by atoms with Crippen LogP contribution >= 0.6 is 0 Å². The summed E-state index contributed by atoms with van der Waals surface area (Å²) in [6.07, 6.45) is 9.41. The molecule has 0 N–H and O–H groups in total. The van der Waals surface area contributed by atoms with E-state index >= 15 is 0 Å². The van der Waals surface area contributed by atoms with E-state index in [-0.39, 0.29) is 22.9 Å². The van der Waals surface area contributed by atoms with Gasteiger partial charge in [0.15, 0.2) is 5.78 Å². The van der Waals surface area contributed by atoms with Gasteiger partial charge >= 0.3 is 6.21 Å². The number of rotatable bonds is 2. The van der Waals surface area contributed by atoms with Crippen molar-refractivity contribution in [2.45, 2.75) is 52.9 Å². The Hall–Kier alpha value is -1.80. The Kier molecular flexibility index (Phi) is 3.76. The average Bonchev–Trinajstić information content (AvgIpc) is 2.51. The van der Waals surface area contributed by atoms with Crippen molar-refractivity contribution in [1.29, 1.82) is 0 Å². The van der Waals surface area contributed by atoms with E-state index in [0.717, 1.165) is 31.9 Å². The van der Waals surface area contributed by atoms with Crippen molar-refractivity contribution in [1.82, 2.24) is 0 Å². The maximum absolute atomic E-state index is 13.0. The SMILES string of the molecule is CC1=CC[C@@H]2[C@](C(=O)C=[N+]=[N-])(CC[C@@H]3C(C)=CCC[C@]32C)C1=O. The van der Waals surface area contributed by atoms with Gasteiger partial charge in [0.2, 0.25) is 5.78 Å². The van der Waals surface area contributed by atoms with Gasteiger partial charge in [-0.25, -0.2) is 0 Å². The Morgan fingerprint density at radius 3 is 2.78 bits per heavy atom. The van der Waals surface area contributed by atoms with Crippen molar-refractivity contribution in [2.24, 2.45) is 22.7 Å². The summed E-state index contributed by atoms with van der Waals surface area (Å²) in [4.78, 5) is 28.8. The summed E-state index contributed by atoms with van der Waals surface area (Å²) < 4.78 is 0. The molecule has 4 heteroatoms. The van der Waals surface area contributed by atoms with Crippen molar-refractivity contribution in [2.75, 3.05) is 0 Å². The molecule has 0 heterocycles. The lowest BCUT2D eigenvalue weighted by Crippen LogP contribution is -2.59. The zero-order valence-corrected chi connectivity index (χ0v) is 14.1. The fourth-order valence-electron chi connectivity index (χ4n) is 5.59. The Morgan fingerprint density at radius 1 is 1.35 bits per heavy atom. The highest BCUT2D eigenvalue weighted by Gasteiger charge is 2.63. The molecule has 0 saturated heterocycles. The van der Waals surface area contributed by atoms with Crippen LogP contribution in [0.1, 0.15) is 52.9 Å². The van der Waals surface area contributed by atoms with Crippen LogP contribution in [0.4, 0.5) is 0 Å². The molecule has 3 rings (SSSR count). The maximum Gasteiger partial charge on any atom is 0.324 e. The van der Waals surface area contributed by atoms with Crippen LogP contribution in [-0.4, -0.2) is 22.6 Å². The minimum Gasteiger partial charge on any atom is -0.361 e. The van der Waals surface area contributed by atoms with Crippen LogP contribution in [0.3, 0.4) is 0 Å². The number of nitrogens with zero attached hydrogens (tertiary/aromatic N) is 2. The number of hydrogen-bond donors (Lipinski definition) is 0. The zero-order valence-electron chi connectivity index (χ0n) is 14.1. The maximum atomic E-state index is 13.0. The highest BCUT2D eigenvalue weighted by molar-refractivity contribution is 6.35. The van der Waals surface area contributed by atoms with E-state index in [1.807, 2.05) is 6.08 Å². The van der Waals surface area contributed by atoms with Crippen LogP contribution < -0.4 is 0 Å². The van der Waals surface area contributed by atoms with Gasteiger partial charge in [-0.3, -0.25) is 9.59 Å². The van der Waals surface area contributed by atoms with Crippen molar-refractivity contribution < 1.29 is 14.4 Å². The number of fused-ring (bicyclic) bond motifs is 3. The Bertz CT molecular complexity index is 683. The Morgan fingerprint density at radius 2 is 2.09 bits per heavy atom. The normalized spacial score (nSPS) is 39.3. The first-order valence-electron chi connectivity index (χ1n) is 8.48. The molecule has 3 aliphatic carbocycles.